The summed E-state index contributed by atoms with van der Waals surface area (Å²) in [5.74, 6) is -1.40. The minimum Gasteiger partial charge on any atom is -0.462 e. The number of nitrogens with zero attached hydrogens (tertiary/aromatic N) is 4. The molecule has 0 bridgehead atoms. The predicted molar refractivity (Wildman–Crippen MR) is 132 cm³/mol. The summed E-state index contributed by atoms with van der Waals surface area (Å²) in [5, 5.41) is 9.05. The molecule has 2 aromatic carbocycles. The van der Waals surface area contributed by atoms with Crippen molar-refractivity contribution >= 4 is 17.6 Å². The Morgan fingerprint density at radius 2 is 1.71 bits per heavy atom. The van der Waals surface area contributed by atoms with E-state index in [1.165, 1.54) is 25.6 Å². The Bertz CT molecular complexity index is 1050. The van der Waals surface area contributed by atoms with E-state index in [-0.39, 0.29) is 6.10 Å². The fraction of sp³-hybridized carbons (Fsp3) is 0.444. The Labute approximate surface area is 206 Å². The SMILES string of the molecule is COC(=O)C(=O)N1CCN(CC(OCc2ccc(C#N)cc2)c2cccc(N3CCCC3)c2)CC1. The first kappa shape index (κ1) is 24.7. The molecule has 0 radical (unpaired) electrons. The number of hydrogen-bond acceptors (Lipinski definition) is 7. The molecule has 0 aliphatic carbocycles. The van der Waals surface area contributed by atoms with Crippen LogP contribution in [-0.4, -0.2) is 74.6 Å². The van der Waals surface area contributed by atoms with Crippen molar-refractivity contribution < 1.29 is 19.1 Å². The van der Waals surface area contributed by atoms with Crippen molar-refractivity contribution in [3.05, 3.63) is 65.2 Å². The molecule has 1 unspecified atom stereocenters. The Balaban J connectivity index is 1.45. The quantitative estimate of drug-likeness (QED) is 0.449. The van der Waals surface area contributed by atoms with Gasteiger partial charge in [-0.2, -0.15) is 5.26 Å². The number of piperazine rings is 1. The summed E-state index contributed by atoms with van der Waals surface area (Å²) in [6, 6.07) is 18.2. The van der Waals surface area contributed by atoms with Gasteiger partial charge < -0.3 is 19.3 Å². The Kier molecular flexibility index (Phi) is 8.35. The molecule has 1 atom stereocenters. The van der Waals surface area contributed by atoms with Crippen LogP contribution < -0.4 is 4.90 Å². The van der Waals surface area contributed by atoms with Crippen LogP contribution in [-0.2, 0) is 25.7 Å². The number of esters is 1. The molecule has 0 aromatic heterocycles. The topological polar surface area (TPSA) is 86.1 Å². The van der Waals surface area contributed by atoms with Crippen molar-refractivity contribution in [2.24, 2.45) is 0 Å². The zero-order valence-corrected chi connectivity index (χ0v) is 20.2. The number of rotatable bonds is 7. The lowest BCUT2D eigenvalue weighted by Crippen LogP contribution is -2.51. The maximum absolute atomic E-state index is 12.1. The minimum atomic E-state index is -0.819. The van der Waals surface area contributed by atoms with Crippen LogP contribution in [0.15, 0.2) is 48.5 Å². The number of carbonyl (C=O) groups excluding carboxylic acids is 2. The van der Waals surface area contributed by atoms with E-state index in [2.05, 4.69) is 44.9 Å². The van der Waals surface area contributed by atoms with Crippen molar-refractivity contribution in [1.82, 2.24) is 9.80 Å². The van der Waals surface area contributed by atoms with Gasteiger partial charge in [-0.15, -0.1) is 0 Å². The van der Waals surface area contributed by atoms with E-state index in [4.69, 9.17) is 10.00 Å². The summed E-state index contributed by atoms with van der Waals surface area (Å²) < 4.78 is 11.0. The van der Waals surface area contributed by atoms with Crippen molar-refractivity contribution in [3.8, 4) is 6.07 Å². The number of anilines is 1. The molecule has 1 amide bonds. The molecule has 4 rings (SSSR count). The van der Waals surface area contributed by atoms with Crippen LogP contribution in [0.5, 0.6) is 0 Å². The van der Waals surface area contributed by atoms with Crippen molar-refractivity contribution in [2.45, 2.75) is 25.6 Å². The van der Waals surface area contributed by atoms with Gasteiger partial charge in [-0.05, 0) is 48.2 Å². The van der Waals surface area contributed by atoms with Crippen LogP contribution in [0.3, 0.4) is 0 Å². The molecule has 2 heterocycles. The average molecular weight is 477 g/mol. The summed E-state index contributed by atoms with van der Waals surface area (Å²) in [4.78, 5) is 29.9. The second-order valence-electron chi connectivity index (χ2n) is 8.98. The second-order valence-corrected chi connectivity index (χ2v) is 8.98. The zero-order chi connectivity index (χ0) is 24.6. The monoisotopic (exact) mass is 476 g/mol. The van der Waals surface area contributed by atoms with Gasteiger partial charge in [0.05, 0.1) is 31.5 Å². The first-order valence-electron chi connectivity index (χ1n) is 12.1. The third kappa shape index (κ3) is 6.38. The third-order valence-electron chi connectivity index (χ3n) is 6.69. The highest BCUT2D eigenvalue weighted by Crippen LogP contribution is 2.27. The van der Waals surface area contributed by atoms with Gasteiger partial charge in [0.1, 0.15) is 0 Å². The highest BCUT2D eigenvalue weighted by Gasteiger charge is 2.28. The Morgan fingerprint density at radius 3 is 2.37 bits per heavy atom. The normalized spacial score (nSPS) is 17.1. The van der Waals surface area contributed by atoms with E-state index in [0.29, 0.717) is 44.9 Å². The van der Waals surface area contributed by atoms with Crippen LogP contribution in [0.4, 0.5) is 5.69 Å². The molecule has 184 valence electrons. The molecule has 0 saturated carbocycles. The van der Waals surface area contributed by atoms with Crippen LogP contribution in [0.2, 0.25) is 0 Å². The van der Waals surface area contributed by atoms with Crippen molar-refractivity contribution in [3.63, 3.8) is 0 Å². The number of nitriles is 1. The van der Waals surface area contributed by atoms with Gasteiger partial charge in [-0.25, -0.2) is 4.79 Å². The van der Waals surface area contributed by atoms with Crippen LogP contribution in [0.25, 0.3) is 0 Å². The van der Waals surface area contributed by atoms with E-state index < -0.39 is 11.9 Å². The lowest BCUT2D eigenvalue weighted by atomic mass is 10.1. The largest absolute Gasteiger partial charge is 0.462 e. The smallest absolute Gasteiger partial charge is 0.396 e. The van der Waals surface area contributed by atoms with Gasteiger partial charge >= 0.3 is 11.9 Å². The molecular formula is C27H32N4O4. The maximum atomic E-state index is 12.1. The van der Waals surface area contributed by atoms with Gasteiger partial charge in [0.25, 0.3) is 0 Å². The fourth-order valence-electron chi connectivity index (χ4n) is 4.61. The van der Waals surface area contributed by atoms with Crippen LogP contribution >= 0.6 is 0 Å². The molecule has 8 heteroatoms. The van der Waals surface area contributed by atoms with E-state index in [0.717, 1.165) is 24.2 Å². The Hall–Kier alpha value is -3.41. The molecule has 2 saturated heterocycles. The average Bonchev–Trinajstić information content (AvgIpc) is 3.46. The van der Waals surface area contributed by atoms with Crippen molar-refractivity contribution in [1.29, 1.82) is 5.26 Å². The Morgan fingerprint density at radius 1 is 1.00 bits per heavy atom. The molecule has 0 spiro atoms. The van der Waals surface area contributed by atoms with Gasteiger partial charge in [-0.1, -0.05) is 24.3 Å². The summed E-state index contributed by atoms with van der Waals surface area (Å²) in [7, 11) is 1.22. The summed E-state index contributed by atoms with van der Waals surface area (Å²) >= 11 is 0. The van der Waals surface area contributed by atoms with Gasteiger partial charge in [-0.3, -0.25) is 9.69 Å². The van der Waals surface area contributed by atoms with Gasteiger partial charge in [0, 0.05) is 51.5 Å². The second kappa shape index (κ2) is 11.8. The zero-order valence-electron chi connectivity index (χ0n) is 20.2. The number of carbonyl (C=O) groups is 2. The van der Waals surface area contributed by atoms with E-state index in [1.807, 2.05) is 12.1 Å². The minimum absolute atomic E-state index is 0.156. The number of amides is 1. The number of hydrogen-bond donors (Lipinski definition) is 0. The summed E-state index contributed by atoms with van der Waals surface area (Å²) in [6.45, 7) is 5.54. The molecule has 2 aliphatic rings. The first-order chi connectivity index (χ1) is 17.1. The predicted octanol–water partition coefficient (Wildman–Crippen LogP) is 2.73. The molecule has 2 fully saturated rings. The molecule has 2 aromatic rings. The lowest BCUT2D eigenvalue weighted by Gasteiger charge is -2.36. The molecular weight excluding hydrogens is 444 g/mol. The first-order valence-corrected chi connectivity index (χ1v) is 12.1. The number of ether oxygens (including phenoxy) is 2. The third-order valence-corrected chi connectivity index (χ3v) is 6.69. The van der Waals surface area contributed by atoms with E-state index >= 15 is 0 Å². The molecule has 0 N–H and O–H groups in total. The fourth-order valence-corrected chi connectivity index (χ4v) is 4.61. The van der Waals surface area contributed by atoms with Gasteiger partial charge in [0.2, 0.25) is 0 Å². The number of benzene rings is 2. The molecule has 2 aliphatic heterocycles. The van der Waals surface area contributed by atoms with Gasteiger partial charge in [0.15, 0.2) is 0 Å². The van der Waals surface area contributed by atoms with Crippen LogP contribution in [0, 0.1) is 11.3 Å². The van der Waals surface area contributed by atoms with Crippen molar-refractivity contribution in [2.75, 3.05) is 57.8 Å². The maximum Gasteiger partial charge on any atom is 0.396 e. The molecule has 8 nitrogen and oxygen atoms in total. The number of methoxy groups -OCH3 is 1. The van der Waals surface area contributed by atoms with E-state index in [1.54, 1.807) is 17.0 Å². The highest BCUT2D eigenvalue weighted by molar-refractivity contribution is 6.32. The highest BCUT2D eigenvalue weighted by atomic mass is 16.5. The van der Waals surface area contributed by atoms with E-state index in [9.17, 15) is 9.59 Å². The standard InChI is InChI=1S/C27H32N4O4/c1-34-27(33)26(32)31-15-13-29(14-16-31)19-25(35-20-22-9-7-21(18-28)8-10-22)23-5-4-6-24(17-23)30-11-2-3-12-30/h4-10,17,25H,2-3,11-16,19-20H2,1H3. The lowest BCUT2D eigenvalue weighted by molar-refractivity contribution is -0.159. The molecule has 35 heavy (non-hydrogen) atoms. The summed E-state index contributed by atoms with van der Waals surface area (Å²) in [5.41, 5.74) is 3.98. The summed E-state index contributed by atoms with van der Waals surface area (Å²) in [6.07, 6.45) is 2.28. The van der Waals surface area contributed by atoms with Crippen LogP contribution in [0.1, 0.15) is 35.6 Å².